The van der Waals surface area contributed by atoms with Crippen molar-refractivity contribution in [2.45, 2.75) is 50.1 Å². The minimum atomic E-state index is -4.29. The van der Waals surface area contributed by atoms with E-state index in [4.69, 9.17) is 4.74 Å². The highest BCUT2D eigenvalue weighted by molar-refractivity contribution is 4.91. The van der Waals surface area contributed by atoms with Crippen LogP contribution in [0.5, 0.6) is 0 Å². The van der Waals surface area contributed by atoms with Gasteiger partial charge in [0.15, 0.2) is 0 Å². The van der Waals surface area contributed by atoms with Crippen LogP contribution in [0.1, 0.15) is 25.7 Å². The van der Waals surface area contributed by atoms with Crippen LogP contribution in [0.15, 0.2) is 0 Å². The molecule has 2 rings (SSSR count). The van der Waals surface area contributed by atoms with E-state index in [2.05, 4.69) is 0 Å². The zero-order valence-corrected chi connectivity index (χ0v) is 9.62. The Bertz CT molecular complexity index is 254. The normalized spacial score (nSPS) is 33.9. The molecule has 0 amide bonds. The molecular weight excluding hydrogens is 235 g/mol. The first-order valence-electron chi connectivity index (χ1n) is 6.09. The van der Waals surface area contributed by atoms with Gasteiger partial charge in [-0.25, -0.2) is 0 Å². The quantitative estimate of drug-likeness (QED) is 0.810. The molecule has 3 nitrogen and oxygen atoms in total. The van der Waals surface area contributed by atoms with E-state index < -0.39 is 24.4 Å². The molecule has 2 saturated heterocycles. The van der Waals surface area contributed by atoms with Crippen LogP contribution in [0.25, 0.3) is 0 Å². The van der Waals surface area contributed by atoms with Crippen LogP contribution in [0.4, 0.5) is 13.2 Å². The van der Waals surface area contributed by atoms with Gasteiger partial charge in [-0.3, -0.25) is 4.90 Å². The van der Waals surface area contributed by atoms with Gasteiger partial charge in [0.1, 0.15) is 6.04 Å². The molecular formula is C11H18F3NO2. The Labute approximate surface area is 98.5 Å². The van der Waals surface area contributed by atoms with Gasteiger partial charge in [0, 0.05) is 13.2 Å². The zero-order valence-electron chi connectivity index (χ0n) is 9.62. The lowest BCUT2D eigenvalue weighted by Gasteiger charge is -2.39. The summed E-state index contributed by atoms with van der Waals surface area (Å²) < 4.78 is 44.4. The molecule has 100 valence electrons. The summed E-state index contributed by atoms with van der Waals surface area (Å²) in [5, 5.41) is 9.49. The van der Waals surface area contributed by atoms with Crippen LogP contribution < -0.4 is 0 Å². The second-order valence-electron chi connectivity index (χ2n) is 4.83. The maximum Gasteiger partial charge on any atom is 0.406 e. The van der Waals surface area contributed by atoms with Crippen molar-refractivity contribution in [2.75, 3.05) is 19.7 Å². The molecule has 0 radical (unpaired) electrons. The molecule has 2 fully saturated rings. The summed E-state index contributed by atoms with van der Waals surface area (Å²) in [6.07, 6.45) is -3.35. The monoisotopic (exact) mass is 253 g/mol. The van der Waals surface area contributed by atoms with Gasteiger partial charge in [0.25, 0.3) is 0 Å². The Balaban J connectivity index is 2.08. The third-order valence-corrected chi connectivity index (χ3v) is 3.47. The Morgan fingerprint density at radius 3 is 2.53 bits per heavy atom. The fourth-order valence-corrected chi connectivity index (χ4v) is 2.74. The standard InChI is InChI=1S/C11H18F3NO2/c12-11(13,14)10(9-4-2-6-17-9)15-5-1-3-8(16)7-15/h8-10,16H,1-7H2. The van der Waals surface area contributed by atoms with Crippen LogP contribution in [-0.4, -0.2) is 54.1 Å². The summed E-state index contributed by atoms with van der Waals surface area (Å²) in [4.78, 5) is 1.34. The lowest BCUT2D eigenvalue weighted by molar-refractivity contribution is -0.215. The number of hydrogen-bond acceptors (Lipinski definition) is 3. The molecule has 6 heteroatoms. The second kappa shape index (κ2) is 5.12. The molecule has 0 aliphatic carbocycles. The van der Waals surface area contributed by atoms with E-state index in [0.717, 1.165) is 0 Å². The predicted octanol–water partition coefficient (Wildman–Crippen LogP) is 1.55. The lowest BCUT2D eigenvalue weighted by Crippen LogP contribution is -2.56. The van der Waals surface area contributed by atoms with Crippen molar-refractivity contribution < 1.29 is 23.0 Å². The number of aliphatic hydroxyl groups is 1. The third-order valence-electron chi connectivity index (χ3n) is 3.47. The van der Waals surface area contributed by atoms with E-state index in [-0.39, 0.29) is 6.54 Å². The van der Waals surface area contributed by atoms with Gasteiger partial charge < -0.3 is 9.84 Å². The topological polar surface area (TPSA) is 32.7 Å². The molecule has 2 heterocycles. The Kier molecular flexibility index (Phi) is 3.95. The first-order chi connectivity index (χ1) is 7.98. The van der Waals surface area contributed by atoms with Crippen molar-refractivity contribution in [3.05, 3.63) is 0 Å². The highest BCUT2D eigenvalue weighted by Gasteiger charge is 2.50. The van der Waals surface area contributed by atoms with Crippen molar-refractivity contribution in [1.29, 1.82) is 0 Å². The maximum atomic E-state index is 13.1. The average molecular weight is 253 g/mol. The number of hydrogen-bond donors (Lipinski definition) is 1. The minimum Gasteiger partial charge on any atom is -0.392 e. The van der Waals surface area contributed by atoms with Crippen LogP contribution in [-0.2, 0) is 4.74 Å². The van der Waals surface area contributed by atoms with Crippen molar-refractivity contribution >= 4 is 0 Å². The van der Waals surface area contributed by atoms with Gasteiger partial charge in [-0.1, -0.05) is 0 Å². The van der Waals surface area contributed by atoms with Crippen molar-refractivity contribution in [3.8, 4) is 0 Å². The second-order valence-corrected chi connectivity index (χ2v) is 4.83. The summed E-state index contributed by atoms with van der Waals surface area (Å²) in [5.41, 5.74) is 0. The van der Waals surface area contributed by atoms with Gasteiger partial charge in [0.05, 0.1) is 12.2 Å². The first-order valence-corrected chi connectivity index (χ1v) is 6.09. The van der Waals surface area contributed by atoms with E-state index in [1.165, 1.54) is 4.90 Å². The highest BCUT2D eigenvalue weighted by Crippen LogP contribution is 2.34. The number of rotatable bonds is 2. The van der Waals surface area contributed by atoms with E-state index in [9.17, 15) is 18.3 Å². The van der Waals surface area contributed by atoms with Crippen LogP contribution >= 0.6 is 0 Å². The summed E-state index contributed by atoms with van der Waals surface area (Å²) in [7, 11) is 0. The Morgan fingerprint density at radius 2 is 2.00 bits per heavy atom. The van der Waals surface area contributed by atoms with Crippen molar-refractivity contribution in [2.24, 2.45) is 0 Å². The highest BCUT2D eigenvalue weighted by atomic mass is 19.4. The molecule has 2 aliphatic rings. The molecule has 0 saturated carbocycles. The SMILES string of the molecule is OC1CCCN(C(C2CCCO2)C(F)(F)F)C1. The third kappa shape index (κ3) is 3.11. The number of aliphatic hydroxyl groups excluding tert-OH is 1. The van der Waals surface area contributed by atoms with Crippen molar-refractivity contribution in [3.63, 3.8) is 0 Å². The van der Waals surface area contributed by atoms with Gasteiger partial charge in [-0.2, -0.15) is 13.2 Å². The fraction of sp³-hybridized carbons (Fsp3) is 1.00. The minimum absolute atomic E-state index is 0.101. The molecule has 17 heavy (non-hydrogen) atoms. The number of nitrogens with zero attached hydrogens (tertiary/aromatic N) is 1. The van der Waals surface area contributed by atoms with Gasteiger partial charge in [-0.15, -0.1) is 0 Å². The van der Waals surface area contributed by atoms with E-state index in [1.54, 1.807) is 0 Å². The summed E-state index contributed by atoms with van der Waals surface area (Å²) in [6.45, 7) is 0.902. The first kappa shape index (κ1) is 13.1. The van der Waals surface area contributed by atoms with E-state index in [0.29, 0.717) is 38.8 Å². The molecule has 0 aromatic rings. The van der Waals surface area contributed by atoms with Crippen LogP contribution in [0.3, 0.4) is 0 Å². The smallest absolute Gasteiger partial charge is 0.392 e. The van der Waals surface area contributed by atoms with Gasteiger partial charge in [0.2, 0.25) is 0 Å². The Morgan fingerprint density at radius 1 is 1.24 bits per heavy atom. The van der Waals surface area contributed by atoms with Crippen LogP contribution in [0, 0.1) is 0 Å². The maximum absolute atomic E-state index is 13.1. The predicted molar refractivity (Wildman–Crippen MR) is 55.6 cm³/mol. The Hall–Kier alpha value is -0.330. The largest absolute Gasteiger partial charge is 0.406 e. The molecule has 0 aromatic carbocycles. The number of ether oxygens (including phenoxy) is 1. The molecule has 0 bridgehead atoms. The van der Waals surface area contributed by atoms with E-state index in [1.807, 2.05) is 0 Å². The number of likely N-dealkylation sites (tertiary alicyclic amines) is 1. The lowest BCUT2D eigenvalue weighted by atomic mass is 10.0. The number of alkyl halides is 3. The molecule has 1 N–H and O–H groups in total. The summed E-state index contributed by atoms with van der Waals surface area (Å²) in [5.74, 6) is 0. The van der Waals surface area contributed by atoms with Crippen LogP contribution in [0.2, 0.25) is 0 Å². The fourth-order valence-electron chi connectivity index (χ4n) is 2.74. The number of piperidine rings is 1. The molecule has 2 aliphatic heterocycles. The number of halogens is 3. The molecule has 0 aromatic heterocycles. The van der Waals surface area contributed by atoms with Gasteiger partial charge >= 0.3 is 6.18 Å². The van der Waals surface area contributed by atoms with Crippen molar-refractivity contribution in [1.82, 2.24) is 4.90 Å². The average Bonchev–Trinajstić information content (AvgIpc) is 2.69. The van der Waals surface area contributed by atoms with Gasteiger partial charge in [-0.05, 0) is 32.2 Å². The number of β-amino-alcohol motifs (C(OH)–C–C–N with tert-alkyl or cyclic N) is 1. The zero-order chi connectivity index (χ0) is 12.5. The molecule has 3 atom stereocenters. The summed E-state index contributed by atoms with van der Waals surface area (Å²) >= 11 is 0. The van der Waals surface area contributed by atoms with E-state index >= 15 is 0 Å². The molecule has 3 unspecified atom stereocenters. The molecule has 0 spiro atoms. The summed E-state index contributed by atoms with van der Waals surface area (Å²) in [6, 6.07) is -1.56.